The van der Waals surface area contributed by atoms with Crippen LogP contribution in [0.1, 0.15) is 78.2 Å². The number of hydrogen-bond acceptors (Lipinski definition) is 4. The van der Waals surface area contributed by atoms with Gasteiger partial charge in [-0.2, -0.15) is 0 Å². The third kappa shape index (κ3) is 6.82. The van der Waals surface area contributed by atoms with Crippen LogP contribution in [0.4, 0.5) is 5.69 Å². The number of benzene rings is 4. The monoisotopic (exact) mass is 564 g/mol. The van der Waals surface area contributed by atoms with Gasteiger partial charge in [-0.15, -0.1) is 0 Å². The molecule has 0 radical (unpaired) electrons. The van der Waals surface area contributed by atoms with Crippen LogP contribution in [-0.4, -0.2) is 37.5 Å². The Labute approximate surface area is 249 Å². The molecule has 0 fully saturated rings. The van der Waals surface area contributed by atoms with Crippen molar-refractivity contribution in [3.8, 4) is 11.5 Å². The Morgan fingerprint density at radius 1 is 0.714 bits per heavy atom. The fraction of sp³-hybridized carbons (Fsp3) is 0.278. The highest BCUT2D eigenvalue weighted by Crippen LogP contribution is 2.35. The molecule has 2 amide bonds. The lowest BCUT2D eigenvalue weighted by atomic mass is 9.92. The molecule has 6 heteroatoms. The molecule has 0 spiro atoms. The van der Waals surface area contributed by atoms with E-state index in [-0.39, 0.29) is 30.2 Å². The maximum Gasteiger partial charge on any atom is 0.259 e. The van der Waals surface area contributed by atoms with Gasteiger partial charge in [-0.1, -0.05) is 107 Å². The Morgan fingerprint density at radius 3 is 1.74 bits per heavy atom. The van der Waals surface area contributed by atoms with E-state index in [1.807, 2.05) is 78.9 Å². The maximum absolute atomic E-state index is 14.5. The van der Waals surface area contributed by atoms with Gasteiger partial charge in [0, 0.05) is 5.69 Å². The van der Waals surface area contributed by atoms with Crippen molar-refractivity contribution in [2.24, 2.45) is 0 Å². The van der Waals surface area contributed by atoms with Crippen molar-refractivity contribution in [1.82, 2.24) is 4.90 Å². The molecular formula is C36H40N2O4. The van der Waals surface area contributed by atoms with Crippen molar-refractivity contribution in [3.63, 3.8) is 0 Å². The molecule has 4 rings (SSSR count). The van der Waals surface area contributed by atoms with Crippen LogP contribution in [0.5, 0.6) is 11.5 Å². The third-order valence-corrected chi connectivity index (χ3v) is 7.39. The summed E-state index contributed by atoms with van der Waals surface area (Å²) in [6.45, 7) is 8.26. The topological polar surface area (TPSA) is 67.9 Å². The second-order valence-corrected chi connectivity index (χ2v) is 10.9. The van der Waals surface area contributed by atoms with Gasteiger partial charge in [0.25, 0.3) is 5.91 Å². The lowest BCUT2D eigenvalue weighted by Gasteiger charge is -2.33. The molecule has 42 heavy (non-hydrogen) atoms. The van der Waals surface area contributed by atoms with Crippen LogP contribution in [-0.2, 0) is 4.79 Å². The molecule has 0 saturated heterocycles. The smallest absolute Gasteiger partial charge is 0.259 e. The predicted molar refractivity (Wildman–Crippen MR) is 169 cm³/mol. The van der Waals surface area contributed by atoms with Crippen LogP contribution in [0.2, 0.25) is 0 Å². The first-order valence-electron chi connectivity index (χ1n) is 14.3. The summed E-state index contributed by atoms with van der Waals surface area (Å²) in [5.74, 6) is 0.709. The molecule has 1 N–H and O–H groups in total. The van der Waals surface area contributed by atoms with Crippen LogP contribution >= 0.6 is 0 Å². The molecule has 0 saturated carbocycles. The van der Waals surface area contributed by atoms with Crippen molar-refractivity contribution in [2.75, 3.05) is 26.1 Å². The van der Waals surface area contributed by atoms with Crippen molar-refractivity contribution >= 4 is 17.5 Å². The molecule has 0 unspecified atom stereocenters. The predicted octanol–water partition coefficient (Wildman–Crippen LogP) is 7.82. The number of rotatable bonds is 11. The van der Waals surface area contributed by atoms with E-state index in [9.17, 15) is 9.59 Å². The number of hydrogen-bond donors (Lipinski definition) is 1. The lowest BCUT2D eigenvalue weighted by Crippen LogP contribution is -2.41. The molecule has 6 nitrogen and oxygen atoms in total. The van der Waals surface area contributed by atoms with E-state index in [4.69, 9.17) is 9.47 Å². The zero-order valence-electron chi connectivity index (χ0n) is 25.3. The fourth-order valence-electron chi connectivity index (χ4n) is 5.27. The van der Waals surface area contributed by atoms with E-state index in [1.165, 1.54) is 7.11 Å². The van der Waals surface area contributed by atoms with Crippen molar-refractivity contribution in [3.05, 3.63) is 125 Å². The third-order valence-electron chi connectivity index (χ3n) is 7.39. The normalized spacial score (nSPS) is 11.1. The van der Waals surface area contributed by atoms with Gasteiger partial charge < -0.3 is 19.7 Å². The highest BCUT2D eigenvalue weighted by Gasteiger charge is 2.32. The van der Waals surface area contributed by atoms with Crippen LogP contribution in [0.15, 0.2) is 97.1 Å². The summed E-state index contributed by atoms with van der Waals surface area (Å²) in [6, 6.07) is 30.2. The number of methoxy groups -OCH3 is 2. The van der Waals surface area contributed by atoms with Crippen molar-refractivity contribution < 1.29 is 19.1 Å². The lowest BCUT2D eigenvalue weighted by molar-refractivity contribution is -0.117. The van der Waals surface area contributed by atoms with Crippen molar-refractivity contribution in [2.45, 2.75) is 45.6 Å². The number of amides is 2. The molecule has 0 aliphatic carbocycles. The average Bonchev–Trinajstić information content (AvgIpc) is 3.01. The zero-order chi connectivity index (χ0) is 30.2. The summed E-state index contributed by atoms with van der Waals surface area (Å²) in [5.41, 5.74) is 5.02. The van der Waals surface area contributed by atoms with E-state index in [0.717, 1.165) is 27.9 Å². The highest BCUT2D eigenvalue weighted by atomic mass is 16.5. The molecule has 0 aliphatic rings. The van der Waals surface area contributed by atoms with Gasteiger partial charge in [-0.3, -0.25) is 9.59 Å². The second kappa shape index (κ2) is 13.9. The van der Waals surface area contributed by atoms with E-state index in [0.29, 0.717) is 17.1 Å². The number of anilines is 1. The Morgan fingerprint density at radius 2 is 1.26 bits per heavy atom. The number of nitrogens with zero attached hydrogens (tertiary/aromatic N) is 1. The minimum atomic E-state index is -0.536. The summed E-state index contributed by atoms with van der Waals surface area (Å²) in [5, 5.41) is 3.20. The highest BCUT2D eigenvalue weighted by molar-refractivity contribution is 6.02. The van der Waals surface area contributed by atoms with Gasteiger partial charge in [0.1, 0.15) is 18.0 Å². The second-order valence-electron chi connectivity index (χ2n) is 10.9. The first kappa shape index (κ1) is 30.4. The number of nitrogens with one attached hydrogen (secondary N) is 1. The molecule has 0 aromatic heterocycles. The first-order valence-corrected chi connectivity index (χ1v) is 14.3. The quantitative estimate of drug-likeness (QED) is 0.202. The maximum atomic E-state index is 14.5. The minimum Gasteiger partial charge on any atom is -0.497 e. The number of para-hydroxylation sites is 1. The number of carbonyl (C=O) groups excluding carboxylic acids is 2. The summed E-state index contributed by atoms with van der Waals surface area (Å²) in [6.07, 6.45) is 0. The van der Waals surface area contributed by atoms with Gasteiger partial charge in [-0.05, 0) is 52.3 Å². The Bertz CT molecular complexity index is 1430. The van der Waals surface area contributed by atoms with Gasteiger partial charge in [-0.25, -0.2) is 0 Å². The minimum absolute atomic E-state index is 0.183. The molecule has 0 heterocycles. The van der Waals surface area contributed by atoms with Crippen LogP contribution < -0.4 is 14.8 Å². The zero-order valence-corrected chi connectivity index (χ0v) is 25.3. The largest absolute Gasteiger partial charge is 0.497 e. The van der Waals surface area contributed by atoms with E-state index < -0.39 is 6.04 Å². The van der Waals surface area contributed by atoms with Gasteiger partial charge in [0.2, 0.25) is 5.91 Å². The standard InChI is InChI=1S/C36H40N2O4/c1-24(2)29-18-13-19-30(25(3)4)34(29)37-33(39)23-38(36(40)31-22-28(41-5)20-21-32(31)42-6)35(26-14-9-7-10-15-26)27-16-11-8-12-17-27/h7-22,24-25,35H,23H2,1-6H3,(H,37,39). The van der Waals surface area contributed by atoms with Crippen LogP contribution in [0, 0.1) is 0 Å². The first-order chi connectivity index (χ1) is 20.2. The summed E-state index contributed by atoms with van der Waals surface area (Å²) < 4.78 is 11.0. The molecule has 4 aromatic carbocycles. The average molecular weight is 565 g/mol. The molecule has 0 aliphatic heterocycles. The SMILES string of the molecule is COc1ccc(OC)c(C(=O)N(CC(=O)Nc2c(C(C)C)cccc2C(C)C)C(c2ccccc2)c2ccccc2)c1. The van der Waals surface area contributed by atoms with Crippen LogP contribution in [0.3, 0.4) is 0 Å². The Balaban J connectivity index is 1.84. The van der Waals surface area contributed by atoms with Gasteiger partial charge in [0.05, 0.1) is 25.8 Å². The molecule has 0 atom stereocenters. The van der Waals surface area contributed by atoms with E-state index in [2.05, 4.69) is 33.0 Å². The Kier molecular flexibility index (Phi) is 10.0. The van der Waals surface area contributed by atoms with E-state index >= 15 is 0 Å². The van der Waals surface area contributed by atoms with E-state index in [1.54, 1.807) is 30.2 Å². The molecule has 0 bridgehead atoms. The summed E-state index contributed by atoms with van der Waals surface area (Å²) >= 11 is 0. The molecule has 4 aromatic rings. The summed E-state index contributed by atoms with van der Waals surface area (Å²) in [4.78, 5) is 30.1. The molecular weight excluding hydrogens is 524 g/mol. The van der Waals surface area contributed by atoms with Gasteiger partial charge in [0.15, 0.2) is 0 Å². The molecule has 218 valence electrons. The van der Waals surface area contributed by atoms with Crippen molar-refractivity contribution in [1.29, 1.82) is 0 Å². The van der Waals surface area contributed by atoms with Crippen LogP contribution in [0.25, 0.3) is 0 Å². The summed E-state index contributed by atoms with van der Waals surface area (Å²) in [7, 11) is 3.08. The Hall–Kier alpha value is -4.58. The number of carbonyl (C=O) groups is 2. The van der Waals surface area contributed by atoms with Gasteiger partial charge >= 0.3 is 0 Å². The number of ether oxygens (including phenoxy) is 2. The fourth-order valence-corrected chi connectivity index (χ4v) is 5.27.